The van der Waals surface area contributed by atoms with E-state index in [2.05, 4.69) is 90.6 Å². The van der Waals surface area contributed by atoms with Crippen molar-refractivity contribution >= 4 is 33.0 Å². The quantitative estimate of drug-likeness (QED) is 0.480. The van der Waals surface area contributed by atoms with Gasteiger partial charge in [-0.3, -0.25) is 4.40 Å². The molecule has 4 aromatic rings. The molecule has 0 amide bonds. The Balaban J connectivity index is 2.09. The summed E-state index contributed by atoms with van der Waals surface area (Å²) in [7, 11) is 0. The molecule has 3 nitrogen and oxygen atoms in total. The van der Waals surface area contributed by atoms with Crippen LogP contribution in [-0.2, 0) is 0 Å². The minimum atomic E-state index is 0.459. The van der Waals surface area contributed by atoms with Crippen molar-refractivity contribution in [1.82, 2.24) is 9.38 Å². The third-order valence-corrected chi connectivity index (χ3v) is 4.75. The first-order valence-corrected chi connectivity index (χ1v) is 8.64. The van der Waals surface area contributed by atoms with Crippen LogP contribution >= 0.6 is 0 Å². The normalized spacial score (nSPS) is 12.1. The maximum Gasteiger partial charge on any atom is 0.145 e. The van der Waals surface area contributed by atoms with E-state index in [0.717, 1.165) is 5.65 Å². The van der Waals surface area contributed by atoms with Gasteiger partial charge in [-0.25, -0.2) is 4.98 Å². The summed E-state index contributed by atoms with van der Waals surface area (Å²) in [5.41, 5.74) is 3.50. The molecule has 0 saturated heterocycles. The summed E-state index contributed by atoms with van der Waals surface area (Å²) in [4.78, 5) is 7.05. The number of aromatic nitrogens is 2. The van der Waals surface area contributed by atoms with Gasteiger partial charge in [-0.05, 0) is 45.2 Å². The van der Waals surface area contributed by atoms with Gasteiger partial charge in [-0.15, -0.1) is 0 Å². The van der Waals surface area contributed by atoms with Crippen LogP contribution in [-0.4, -0.2) is 21.5 Å². The van der Waals surface area contributed by atoms with Crippen LogP contribution in [0.2, 0.25) is 0 Å². The molecule has 0 spiro atoms. The molecule has 2 aromatic heterocycles. The van der Waals surface area contributed by atoms with E-state index in [9.17, 15) is 0 Å². The summed E-state index contributed by atoms with van der Waals surface area (Å²) >= 11 is 0. The van der Waals surface area contributed by atoms with Gasteiger partial charge in [0.15, 0.2) is 0 Å². The van der Waals surface area contributed by atoms with Crippen molar-refractivity contribution in [2.45, 2.75) is 39.8 Å². The molecule has 0 aliphatic carbocycles. The second-order valence-electron chi connectivity index (χ2n) is 6.96. The average Bonchev–Trinajstić information content (AvgIpc) is 3.04. The van der Waals surface area contributed by atoms with Gasteiger partial charge < -0.3 is 4.90 Å². The largest absolute Gasteiger partial charge is 0.367 e. The smallest absolute Gasteiger partial charge is 0.145 e. The van der Waals surface area contributed by atoms with Gasteiger partial charge in [0, 0.05) is 40.9 Å². The molecular weight excluding hydrogens is 294 g/mol. The Labute approximate surface area is 142 Å². The minimum absolute atomic E-state index is 0.459. The maximum atomic E-state index is 4.59. The van der Waals surface area contributed by atoms with E-state index < -0.39 is 0 Å². The molecule has 0 aliphatic rings. The Kier molecular flexibility index (Phi) is 3.45. The van der Waals surface area contributed by atoms with E-state index in [1.54, 1.807) is 0 Å². The number of pyridine rings is 1. The van der Waals surface area contributed by atoms with Crippen molar-refractivity contribution in [3.63, 3.8) is 0 Å². The molecule has 0 fully saturated rings. The lowest BCUT2D eigenvalue weighted by Gasteiger charge is -2.33. The summed E-state index contributed by atoms with van der Waals surface area (Å²) < 4.78 is 2.21. The number of anilines is 1. The first-order chi connectivity index (χ1) is 11.6. The summed E-state index contributed by atoms with van der Waals surface area (Å²) in [6, 6.07) is 16.2. The molecule has 0 aliphatic heterocycles. The van der Waals surface area contributed by atoms with E-state index >= 15 is 0 Å². The molecule has 0 atom stereocenters. The van der Waals surface area contributed by atoms with Crippen LogP contribution in [0.15, 0.2) is 54.9 Å². The molecule has 0 N–H and O–H groups in total. The topological polar surface area (TPSA) is 20.5 Å². The number of nitrogens with zero attached hydrogens (tertiary/aromatic N) is 3. The molecule has 122 valence electrons. The van der Waals surface area contributed by atoms with Gasteiger partial charge in [0.2, 0.25) is 0 Å². The highest BCUT2D eigenvalue weighted by Gasteiger charge is 2.16. The highest BCUT2D eigenvalue weighted by molar-refractivity contribution is 6.12. The number of rotatable bonds is 3. The first-order valence-electron chi connectivity index (χ1n) is 8.64. The lowest BCUT2D eigenvalue weighted by atomic mass is 10.0. The Bertz CT molecular complexity index is 1020. The molecule has 4 rings (SSSR count). The Morgan fingerprint density at radius 1 is 0.875 bits per heavy atom. The van der Waals surface area contributed by atoms with Crippen molar-refractivity contribution in [1.29, 1.82) is 0 Å². The van der Waals surface area contributed by atoms with Crippen molar-refractivity contribution in [2.24, 2.45) is 0 Å². The Hall–Kier alpha value is -2.55. The van der Waals surface area contributed by atoms with Crippen LogP contribution in [0.1, 0.15) is 27.7 Å². The predicted molar refractivity (Wildman–Crippen MR) is 103 cm³/mol. The summed E-state index contributed by atoms with van der Waals surface area (Å²) in [6.45, 7) is 8.99. The summed E-state index contributed by atoms with van der Waals surface area (Å²) in [5.74, 6) is 0. The third-order valence-electron chi connectivity index (χ3n) is 4.75. The van der Waals surface area contributed by atoms with Crippen LogP contribution in [0.25, 0.3) is 27.3 Å². The van der Waals surface area contributed by atoms with Gasteiger partial charge in [-0.2, -0.15) is 0 Å². The standard InChI is InChI=1S/C21H23N3/c1-14(2)24(15(3)4)16-9-10-18-17-7-5-6-8-19(17)21-22-11-12-23(21)20(18)13-16/h5-15H,1-4H3. The zero-order valence-corrected chi connectivity index (χ0v) is 14.7. The van der Waals surface area contributed by atoms with E-state index in [1.165, 1.54) is 27.4 Å². The zero-order valence-electron chi connectivity index (χ0n) is 14.7. The molecular formula is C21H23N3. The highest BCUT2D eigenvalue weighted by atomic mass is 15.2. The predicted octanol–water partition coefficient (Wildman–Crippen LogP) is 5.26. The van der Waals surface area contributed by atoms with Crippen molar-refractivity contribution in [3.8, 4) is 0 Å². The van der Waals surface area contributed by atoms with Gasteiger partial charge in [0.1, 0.15) is 5.65 Å². The highest BCUT2D eigenvalue weighted by Crippen LogP contribution is 2.32. The van der Waals surface area contributed by atoms with E-state index in [1.807, 2.05) is 6.20 Å². The fraction of sp³-hybridized carbons (Fsp3) is 0.286. The van der Waals surface area contributed by atoms with Crippen LogP contribution in [0, 0.1) is 0 Å². The van der Waals surface area contributed by atoms with Crippen molar-refractivity contribution in [3.05, 3.63) is 54.9 Å². The van der Waals surface area contributed by atoms with Crippen LogP contribution in [0.3, 0.4) is 0 Å². The molecule has 2 heterocycles. The molecule has 2 aromatic carbocycles. The first kappa shape index (κ1) is 15.0. The zero-order chi connectivity index (χ0) is 16.8. The second kappa shape index (κ2) is 5.52. The van der Waals surface area contributed by atoms with Gasteiger partial charge in [-0.1, -0.05) is 30.3 Å². The molecule has 0 bridgehead atoms. The Morgan fingerprint density at radius 2 is 1.58 bits per heavy atom. The number of fused-ring (bicyclic) bond motifs is 6. The summed E-state index contributed by atoms with van der Waals surface area (Å²) in [5, 5.41) is 3.73. The van der Waals surface area contributed by atoms with Crippen molar-refractivity contribution < 1.29 is 0 Å². The lowest BCUT2D eigenvalue weighted by molar-refractivity contribution is 0.608. The number of hydrogen-bond donors (Lipinski definition) is 0. The third kappa shape index (κ3) is 2.15. The monoisotopic (exact) mass is 317 g/mol. The number of hydrogen-bond acceptors (Lipinski definition) is 2. The van der Waals surface area contributed by atoms with Crippen LogP contribution in [0.4, 0.5) is 5.69 Å². The van der Waals surface area contributed by atoms with E-state index in [0.29, 0.717) is 12.1 Å². The average molecular weight is 317 g/mol. The van der Waals surface area contributed by atoms with Gasteiger partial charge in [0.05, 0.1) is 5.52 Å². The molecule has 0 radical (unpaired) electrons. The Morgan fingerprint density at radius 3 is 2.29 bits per heavy atom. The maximum absolute atomic E-state index is 4.59. The van der Waals surface area contributed by atoms with Crippen LogP contribution < -0.4 is 4.90 Å². The van der Waals surface area contributed by atoms with E-state index in [4.69, 9.17) is 0 Å². The minimum Gasteiger partial charge on any atom is -0.367 e. The summed E-state index contributed by atoms with van der Waals surface area (Å²) in [6.07, 6.45) is 3.94. The van der Waals surface area contributed by atoms with Crippen LogP contribution in [0.5, 0.6) is 0 Å². The van der Waals surface area contributed by atoms with Gasteiger partial charge in [0.25, 0.3) is 0 Å². The second-order valence-corrected chi connectivity index (χ2v) is 6.96. The number of benzene rings is 2. The lowest BCUT2D eigenvalue weighted by Crippen LogP contribution is -2.36. The van der Waals surface area contributed by atoms with Gasteiger partial charge >= 0.3 is 0 Å². The molecule has 0 unspecified atom stereocenters. The van der Waals surface area contributed by atoms with Crippen molar-refractivity contribution in [2.75, 3.05) is 4.90 Å². The molecule has 0 saturated carbocycles. The molecule has 3 heteroatoms. The fourth-order valence-electron chi connectivity index (χ4n) is 3.91. The fourth-order valence-corrected chi connectivity index (χ4v) is 3.91. The number of imidazole rings is 1. The SMILES string of the molecule is CC(C)N(c1ccc2c3ccccc3c3nccn3c2c1)C(C)C. The van der Waals surface area contributed by atoms with E-state index in [-0.39, 0.29) is 0 Å². The molecule has 24 heavy (non-hydrogen) atoms.